The summed E-state index contributed by atoms with van der Waals surface area (Å²) in [6.45, 7) is 1.70. The first-order valence-electron chi connectivity index (χ1n) is 6.68. The van der Waals surface area contributed by atoms with Crippen LogP contribution in [0.3, 0.4) is 0 Å². The summed E-state index contributed by atoms with van der Waals surface area (Å²) in [7, 11) is -4.35. The maximum Gasteiger partial charge on any atom is 0.417 e. The van der Waals surface area contributed by atoms with Gasteiger partial charge in [0.25, 0.3) is 0 Å². The molecule has 0 aliphatic carbocycles. The Kier molecular flexibility index (Phi) is 4.77. The Balaban J connectivity index is 2.55. The molecular weight excluding hydrogens is 341 g/mol. The molecule has 1 saturated heterocycles. The van der Waals surface area contributed by atoms with Crippen molar-refractivity contribution in [2.75, 3.05) is 6.54 Å². The number of sulfonamides is 1. The van der Waals surface area contributed by atoms with Gasteiger partial charge in [-0.05, 0) is 31.9 Å². The smallest absolute Gasteiger partial charge is 0.328 e. The second-order valence-corrected chi connectivity index (χ2v) is 7.60. The van der Waals surface area contributed by atoms with Crippen molar-refractivity contribution >= 4 is 21.6 Å². The minimum atomic E-state index is -4.80. The lowest BCUT2D eigenvalue weighted by molar-refractivity contribution is -0.139. The minimum Gasteiger partial charge on any atom is -0.328 e. The molecule has 1 aromatic rings. The van der Waals surface area contributed by atoms with Crippen molar-refractivity contribution in [3.05, 3.63) is 28.8 Å². The number of nitrogens with zero attached hydrogens (tertiary/aromatic N) is 1. The van der Waals surface area contributed by atoms with Crippen molar-refractivity contribution in [1.29, 1.82) is 0 Å². The SMILES string of the molecule is C[C@H]1C[C@H](N)CCN1S(=O)(=O)c1c(Cl)cccc1C(F)(F)F. The molecule has 4 nitrogen and oxygen atoms in total. The molecular formula is C13H16ClF3N2O2S. The lowest BCUT2D eigenvalue weighted by Gasteiger charge is -2.35. The predicted octanol–water partition coefficient (Wildman–Crippen LogP) is 2.86. The lowest BCUT2D eigenvalue weighted by Crippen LogP contribution is -2.48. The molecule has 0 aromatic heterocycles. The van der Waals surface area contributed by atoms with Crippen LogP contribution >= 0.6 is 11.6 Å². The van der Waals surface area contributed by atoms with Crippen LogP contribution in [0.5, 0.6) is 0 Å². The normalized spacial score (nSPS) is 24.5. The molecule has 1 heterocycles. The van der Waals surface area contributed by atoms with Gasteiger partial charge < -0.3 is 5.73 Å². The van der Waals surface area contributed by atoms with Crippen LogP contribution in [-0.4, -0.2) is 31.4 Å². The largest absolute Gasteiger partial charge is 0.417 e. The Bertz CT molecular complexity index is 664. The van der Waals surface area contributed by atoms with E-state index in [1.807, 2.05) is 0 Å². The van der Waals surface area contributed by atoms with Gasteiger partial charge in [0, 0.05) is 18.6 Å². The fraction of sp³-hybridized carbons (Fsp3) is 0.538. The summed E-state index contributed by atoms with van der Waals surface area (Å²) >= 11 is 5.79. The van der Waals surface area contributed by atoms with Crippen molar-refractivity contribution in [2.24, 2.45) is 5.73 Å². The summed E-state index contributed by atoms with van der Waals surface area (Å²) in [6, 6.07) is 2.31. The third kappa shape index (κ3) is 3.24. The second kappa shape index (κ2) is 5.99. The standard InChI is InChI=1S/C13H16ClF3N2O2S/c1-8-7-9(18)5-6-19(8)22(20,21)12-10(13(15,16)17)3-2-4-11(12)14/h2-4,8-9H,5-7,18H2,1H3/t8-,9+/m0/s1. The van der Waals surface area contributed by atoms with Crippen molar-refractivity contribution in [3.8, 4) is 0 Å². The monoisotopic (exact) mass is 356 g/mol. The maximum atomic E-state index is 13.1. The van der Waals surface area contributed by atoms with Crippen LogP contribution < -0.4 is 5.73 Å². The average Bonchev–Trinajstić information content (AvgIpc) is 2.36. The molecule has 1 aromatic carbocycles. The molecule has 1 fully saturated rings. The Labute approximate surface area is 132 Å². The predicted molar refractivity (Wildman–Crippen MR) is 77.0 cm³/mol. The molecule has 9 heteroatoms. The minimum absolute atomic E-state index is 0.0766. The number of alkyl halides is 3. The van der Waals surface area contributed by atoms with E-state index in [2.05, 4.69) is 0 Å². The van der Waals surface area contributed by atoms with E-state index in [-0.39, 0.29) is 12.6 Å². The fourth-order valence-electron chi connectivity index (χ4n) is 2.66. The van der Waals surface area contributed by atoms with Gasteiger partial charge >= 0.3 is 6.18 Å². The number of rotatable bonds is 2. The summed E-state index contributed by atoms with van der Waals surface area (Å²) in [6.07, 6.45) is -4.01. The van der Waals surface area contributed by atoms with E-state index < -0.39 is 37.7 Å². The van der Waals surface area contributed by atoms with Gasteiger partial charge in [0.05, 0.1) is 10.6 Å². The van der Waals surface area contributed by atoms with Crippen molar-refractivity contribution in [1.82, 2.24) is 4.31 Å². The number of nitrogens with two attached hydrogens (primary N) is 1. The second-order valence-electron chi connectivity index (χ2n) is 5.36. The highest BCUT2D eigenvalue weighted by Gasteiger charge is 2.42. The van der Waals surface area contributed by atoms with Gasteiger partial charge in [-0.2, -0.15) is 17.5 Å². The van der Waals surface area contributed by atoms with E-state index in [4.69, 9.17) is 17.3 Å². The van der Waals surface area contributed by atoms with Crippen LogP contribution in [0.1, 0.15) is 25.3 Å². The van der Waals surface area contributed by atoms with Gasteiger partial charge in [-0.15, -0.1) is 0 Å². The van der Waals surface area contributed by atoms with Gasteiger partial charge in [0.1, 0.15) is 4.90 Å². The number of hydrogen-bond acceptors (Lipinski definition) is 3. The molecule has 1 aliphatic rings. The van der Waals surface area contributed by atoms with Crippen LogP contribution in [0.25, 0.3) is 0 Å². The van der Waals surface area contributed by atoms with E-state index in [1.165, 1.54) is 0 Å². The van der Waals surface area contributed by atoms with Crippen LogP contribution in [0.2, 0.25) is 5.02 Å². The van der Waals surface area contributed by atoms with Crippen LogP contribution in [-0.2, 0) is 16.2 Å². The molecule has 1 aliphatic heterocycles. The van der Waals surface area contributed by atoms with E-state index in [0.29, 0.717) is 12.8 Å². The number of piperidine rings is 1. The summed E-state index contributed by atoms with van der Waals surface area (Å²) in [5.41, 5.74) is 4.52. The van der Waals surface area contributed by atoms with Crippen LogP contribution in [0.4, 0.5) is 13.2 Å². The van der Waals surface area contributed by atoms with Crippen LogP contribution in [0.15, 0.2) is 23.1 Å². The van der Waals surface area contributed by atoms with E-state index in [1.54, 1.807) is 6.92 Å². The molecule has 2 rings (SSSR count). The first-order valence-corrected chi connectivity index (χ1v) is 8.50. The highest BCUT2D eigenvalue weighted by molar-refractivity contribution is 7.89. The molecule has 124 valence electrons. The van der Waals surface area contributed by atoms with Crippen molar-refractivity contribution in [3.63, 3.8) is 0 Å². The molecule has 0 radical (unpaired) electrons. The maximum absolute atomic E-state index is 13.1. The molecule has 2 N–H and O–H groups in total. The average molecular weight is 357 g/mol. The van der Waals surface area contributed by atoms with Crippen LogP contribution in [0, 0.1) is 0 Å². The summed E-state index contributed by atoms with van der Waals surface area (Å²) in [5, 5.41) is -0.433. The first kappa shape index (κ1) is 17.5. The summed E-state index contributed by atoms with van der Waals surface area (Å²) in [4.78, 5) is -0.883. The third-order valence-corrected chi connectivity index (χ3v) is 6.24. The Morgan fingerprint density at radius 1 is 1.36 bits per heavy atom. The summed E-state index contributed by atoms with van der Waals surface area (Å²) in [5.74, 6) is 0. The fourth-order valence-corrected chi connectivity index (χ4v) is 5.04. The molecule has 2 atom stereocenters. The van der Waals surface area contributed by atoms with Gasteiger partial charge in [0.15, 0.2) is 0 Å². The lowest BCUT2D eigenvalue weighted by atomic mass is 10.0. The molecule has 22 heavy (non-hydrogen) atoms. The topological polar surface area (TPSA) is 63.4 Å². The van der Waals surface area contributed by atoms with E-state index in [9.17, 15) is 21.6 Å². The Morgan fingerprint density at radius 2 is 2.00 bits per heavy atom. The first-order chi connectivity index (χ1) is 10.0. The van der Waals surface area contributed by atoms with Crippen molar-refractivity contribution in [2.45, 2.75) is 42.9 Å². The van der Waals surface area contributed by atoms with E-state index in [0.717, 1.165) is 22.5 Å². The molecule has 0 unspecified atom stereocenters. The van der Waals surface area contributed by atoms with Gasteiger partial charge in [0.2, 0.25) is 10.0 Å². The van der Waals surface area contributed by atoms with Crippen molar-refractivity contribution < 1.29 is 21.6 Å². The third-order valence-electron chi connectivity index (χ3n) is 3.69. The zero-order valence-corrected chi connectivity index (χ0v) is 13.3. The Hall–Kier alpha value is -0.830. The van der Waals surface area contributed by atoms with E-state index >= 15 is 0 Å². The van der Waals surface area contributed by atoms with Gasteiger partial charge in [-0.3, -0.25) is 0 Å². The number of hydrogen-bond donors (Lipinski definition) is 1. The summed E-state index contributed by atoms with van der Waals surface area (Å²) < 4.78 is 65.8. The molecule has 0 bridgehead atoms. The number of halogens is 4. The molecule has 0 saturated carbocycles. The highest BCUT2D eigenvalue weighted by atomic mass is 35.5. The zero-order chi connectivity index (χ0) is 16.7. The highest BCUT2D eigenvalue weighted by Crippen LogP contribution is 2.39. The van der Waals surface area contributed by atoms with Gasteiger partial charge in [-0.25, -0.2) is 8.42 Å². The Morgan fingerprint density at radius 3 is 2.55 bits per heavy atom. The van der Waals surface area contributed by atoms with Gasteiger partial charge in [-0.1, -0.05) is 17.7 Å². The number of benzene rings is 1. The molecule has 0 spiro atoms. The zero-order valence-electron chi connectivity index (χ0n) is 11.8. The quantitative estimate of drug-likeness (QED) is 0.886. The molecule has 0 amide bonds.